The molecule has 1 amide bonds. The SMILES string of the molecule is CC(C)N1CCOC(CC(=O)NCCSc2ccccn2)C1. The molecule has 122 valence electrons. The van der Waals surface area contributed by atoms with Crippen molar-refractivity contribution in [3.63, 3.8) is 0 Å². The van der Waals surface area contributed by atoms with Crippen LogP contribution in [0.25, 0.3) is 0 Å². The first-order chi connectivity index (χ1) is 10.6. The second-order valence-electron chi connectivity index (χ2n) is 5.65. The number of ether oxygens (including phenoxy) is 1. The molecule has 2 rings (SSSR count). The van der Waals surface area contributed by atoms with Crippen molar-refractivity contribution in [3.05, 3.63) is 24.4 Å². The third-order valence-electron chi connectivity index (χ3n) is 3.63. The van der Waals surface area contributed by atoms with E-state index in [1.807, 2.05) is 18.2 Å². The number of carbonyl (C=O) groups is 1. The Hall–Kier alpha value is -1.11. The molecule has 1 saturated heterocycles. The van der Waals surface area contributed by atoms with Crippen LogP contribution in [0, 0.1) is 0 Å². The minimum Gasteiger partial charge on any atom is -0.375 e. The molecule has 1 aliphatic rings. The number of hydrogen-bond acceptors (Lipinski definition) is 5. The summed E-state index contributed by atoms with van der Waals surface area (Å²) in [6.45, 7) is 7.52. The van der Waals surface area contributed by atoms with Crippen molar-refractivity contribution in [2.45, 2.75) is 37.4 Å². The quantitative estimate of drug-likeness (QED) is 0.612. The number of carbonyl (C=O) groups excluding carboxylic acids is 1. The summed E-state index contributed by atoms with van der Waals surface area (Å²) in [5, 5.41) is 3.94. The van der Waals surface area contributed by atoms with Crippen LogP contribution in [-0.2, 0) is 9.53 Å². The average Bonchev–Trinajstić information content (AvgIpc) is 2.53. The zero-order chi connectivity index (χ0) is 15.8. The molecule has 0 radical (unpaired) electrons. The van der Waals surface area contributed by atoms with Crippen LogP contribution < -0.4 is 5.32 Å². The molecule has 1 unspecified atom stereocenters. The highest BCUT2D eigenvalue weighted by molar-refractivity contribution is 7.99. The van der Waals surface area contributed by atoms with Gasteiger partial charge in [0.25, 0.3) is 0 Å². The third kappa shape index (κ3) is 5.94. The van der Waals surface area contributed by atoms with Crippen molar-refractivity contribution < 1.29 is 9.53 Å². The standard InChI is InChI=1S/C16H25N3O2S/c1-13(2)19-8-9-21-14(12-19)11-15(20)17-7-10-22-16-5-3-4-6-18-16/h3-6,13-14H,7-12H2,1-2H3,(H,17,20). The van der Waals surface area contributed by atoms with E-state index < -0.39 is 0 Å². The smallest absolute Gasteiger partial charge is 0.222 e. The lowest BCUT2D eigenvalue weighted by molar-refractivity contribution is -0.126. The zero-order valence-electron chi connectivity index (χ0n) is 13.3. The summed E-state index contributed by atoms with van der Waals surface area (Å²) in [4.78, 5) is 18.6. The van der Waals surface area contributed by atoms with Crippen molar-refractivity contribution in [1.82, 2.24) is 15.2 Å². The van der Waals surface area contributed by atoms with Crippen LogP contribution in [0.1, 0.15) is 20.3 Å². The van der Waals surface area contributed by atoms with Crippen LogP contribution in [-0.4, -0.2) is 59.9 Å². The Morgan fingerprint density at radius 2 is 2.41 bits per heavy atom. The molecular weight excluding hydrogens is 298 g/mol. The first-order valence-electron chi connectivity index (χ1n) is 7.81. The monoisotopic (exact) mass is 323 g/mol. The van der Waals surface area contributed by atoms with Gasteiger partial charge in [-0.1, -0.05) is 6.07 Å². The summed E-state index contributed by atoms with van der Waals surface area (Å²) in [6, 6.07) is 6.35. The number of hydrogen-bond donors (Lipinski definition) is 1. The van der Waals surface area contributed by atoms with E-state index >= 15 is 0 Å². The lowest BCUT2D eigenvalue weighted by Gasteiger charge is -2.35. The van der Waals surface area contributed by atoms with E-state index in [9.17, 15) is 4.79 Å². The Balaban J connectivity index is 1.61. The molecule has 0 aliphatic carbocycles. The van der Waals surface area contributed by atoms with Gasteiger partial charge >= 0.3 is 0 Å². The van der Waals surface area contributed by atoms with Crippen molar-refractivity contribution in [2.24, 2.45) is 0 Å². The van der Waals surface area contributed by atoms with Crippen LogP contribution in [0.15, 0.2) is 29.4 Å². The Labute approximate surface area is 136 Å². The van der Waals surface area contributed by atoms with Gasteiger partial charge in [0.05, 0.1) is 24.2 Å². The maximum Gasteiger partial charge on any atom is 0.222 e. The van der Waals surface area contributed by atoms with Crippen LogP contribution in [0.5, 0.6) is 0 Å². The van der Waals surface area contributed by atoms with Crippen molar-refractivity contribution >= 4 is 17.7 Å². The maximum absolute atomic E-state index is 12.0. The number of morpholine rings is 1. The number of nitrogens with one attached hydrogen (secondary N) is 1. The van der Waals surface area contributed by atoms with Gasteiger partial charge in [-0.3, -0.25) is 9.69 Å². The van der Waals surface area contributed by atoms with Gasteiger partial charge in [-0.05, 0) is 26.0 Å². The lowest BCUT2D eigenvalue weighted by Crippen LogP contribution is -2.47. The Morgan fingerprint density at radius 3 is 3.14 bits per heavy atom. The molecule has 5 nitrogen and oxygen atoms in total. The summed E-state index contributed by atoms with van der Waals surface area (Å²) < 4.78 is 5.69. The molecule has 1 aromatic rings. The third-order valence-corrected chi connectivity index (χ3v) is 4.57. The summed E-state index contributed by atoms with van der Waals surface area (Å²) in [7, 11) is 0. The van der Waals surface area contributed by atoms with Gasteiger partial charge in [-0.15, -0.1) is 11.8 Å². The lowest BCUT2D eigenvalue weighted by atomic mass is 10.1. The topological polar surface area (TPSA) is 54.5 Å². The van der Waals surface area contributed by atoms with Crippen LogP contribution >= 0.6 is 11.8 Å². The average molecular weight is 323 g/mol. The fourth-order valence-electron chi connectivity index (χ4n) is 2.39. The van der Waals surface area contributed by atoms with Gasteiger partial charge in [-0.2, -0.15) is 0 Å². The molecule has 0 bridgehead atoms. The first kappa shape index (κ1) is 17.2. The Bertz CT molecular complexity index is 456. The number of nitrogens with zero attached hydrogens (tertiary/aromatic N) is 2. The van der Waals surface area contributed by atoms with Gasteiger partial charge < -0.3 is 10.1 Å². The number of pyridine rings is 1. The predicted octanol–water partition coefficient (Wildman–Crippen LogP) is 1.79. The molecule has 2 heterocycles. The van der Waals surface area contributed by atoms with Crippen molar-refractivity contribution in [2.75, 3.05) is 32.0 Å². The zero-order valence-corrected chi connectivity index (χ0v) is 14.1. The van der Waals surface area contributed by atoms with Crippen LogP contribution in [0.3, 0.4) is 0 Å². The highest BCUT2D eigenvalue weighted by Gasteiger charge is 2.24. The molecular formula is C16H25N3O2S. The van der Waals surface area contributed by atoms with E-state index in [0.29, 0.717) is 25.6 Å². The van der Waals surface area contributed by atoms with Crippen molar-refractivity contribution in [1.29, 1.82) is 0 Å². The number of thioether (sulfide) groups is 1. The molecule has 0 saturated carbocycles. The predicted molar refractivity (Wildman–Crippen MR) is 89.0 cm³/mol. The second kappa shape index (κ2) is 9.12. The number of rotatable bonds is 7. The Morgan fingerprint density at radius 1 is 1.55 bits per heavy atom. The molecule has 1 N–H and O–H groups in total. The van der Waals surface area contributed by atoms with Gasteiger partial charge in [-0.25, -0.2) is 4.98 Å². The highest BCUT2D eigenvalue weighted by Crippen LogP contribution is 2.13. The summed E-state index contributed by atoms with van der Waals surface area (Å²) in [5.74, 6) is 0.893. The van der Waals surface area contributed by atoms with E-state index in [2.05, 4.69) is 29.0 Å². The van der Waals surface area contributed by atoms with E-state index in [-0.39, 0.29) is 12.0 Å². The van der Waals surface area contributed by atoms with E-state index in [0.717, 1.165) is 23.9 Å². The fourth-order valence-corrected chi connectivity index (χ4v) is 3.12. The second-order valence-corrected chi connectivity index (χ2v) is 6.77. The van der Waals surface area contributed by atoms with Gasteiger partial charge in [0.15, 0.2) is 0 Å². The van der Waals surface area contributed by atoms with E-state index in [1.54, 1.807) is 18.0 Å². The van der Waals surface area contributed by atoms with Gasteiger partial charge in [0.1, 0.15) is 0 Å². The first-order valence-corrected chi connectivity index (χ1v) is 8.80. The molecule has 22 heavy (non-hydrogen) atoms. The largest absolute Gasteiger partial charge is 0.375 e. The fraction of sp³-hybridized carbons (Fsp3) is 0.625. The molecule has 1 fully saturated rings. The molecule has 6 heteroatoms. The number of aromatic nitrogens is 1. The minimum atomic E-state index is 0.0135. The number of amides is 1. The minimum absolute atomic E-state index is 0.0135. The van der Waals surface area contributed by atoms with E-state index in [1.165, 1.54) is 0 Å². The Kier molecular flexibility index (Phi) is 7.15. The molecule has 1 aromatic heterocycles. The van der Waals surface area contributed by atoms with Gasteiger partial charge in [0.2, 0.25) is 5.91 Å². The molecule has 0 aromatic carbocycles. The van der Waals surface area contributed by atoms with Crippen molar-refractivity contribution in [3.8, 4) is 0 Å². The summed E-state index contributed by atoms with van der Waals surface area (Å²) >= 11 is 1.65. The van der Waals surface area contributed by atoms with Crippen LogP contribution in [0.4, 0.5) is 0 Å². The summed E-state index contributed by atoms with van der Waals surface area (Å²) in [5.41, 5.74) is 0. The highest BCUT2D eigenvalue weighted by atomic mass is 32.2. The van der Waals surface area contributed by atoms with Crippen LogP contribution in [0.2, 0.25) is 0 Å². The molecule has 1 aliphatic heterocycles. The normalized spacial score (nSPS) is 19.3. The van der Waals surface area contributed by atoms with E-state index in [4.69, 9.17) is 4.74 Å². The maximum atomic E-state index is 12.0. The van der Waals surface area contributed by atoms with Gasteiger partial charge in [0, 0.05) is 37.6 Å². The molecule has 0 spiro atoms. The molecule has 1 atom stereocenters. The summed E-state index contributed by atoms with van der Waals surface area (Å²) in [6.07, 6.45) is 2.24.